The lowest BCUT2D eigenvalue weighted by Crippen LogP contribution is -2.49. The van der Waals surface area contributed by atoms with Crippen LogP contribution < -0.4 is 10.1 Å². The first-order chi connectivity index (χ1) is 15.2. The summed E-state index contributed by atoms with van der Waals surface area (Å²) in [5, 5.41) is 2.77. The minimum atomic E-state index is -0.250. The Morgan fingerprint density at radius 1 is 0.968 bits per heavy atom. The van der Waals surface area contributed by atoms with E-state index in [0.717, 1.165) is 30.9 Å². The quantitative estimate of drug-likeness (QED) is 0.659. The average molecular weight is 421 g/mol. The second-order valence-corrected chi connectivity index (χ2v) is 7.34. The standard InChI is InChI=1S/C23H24FN5O2/c24-20-5-1-19(2-6-20)17-31-21-7-3-18(4-8-21)16-28-11-13-29(14-12-28)23(30)27-22-15-25-9-10-26-22/h1-10,15H,11-14,16-17H2,(H,26,27,30). The van der Waals surface area contributed by atoms with Crippen molar-refractivity contribution in [3.63, 3.8) is 0 Å². The molecule has 0 atom stereocenters. The van der Waals surface area contributed by atoms with Crippen LogP contribution in [0, 0.1) is 5.82 Å². The molecule has 0 radical (unpaired) electrons. The first kappa shape index (κ1) is 20.7. The topological polar surface area (TPSA) is 70.6 Å². The van der Waals surface area contributed by atoms with E-state index >= 15 is 0 Å². The van der Waals surface area contributed by atoms with Crippen molar-refractivity contribution in [3.05, 3.63) is 84.1 Å². The Morgan fingerprint density at radius 2 is 1.68 bits per heavy atom. The molecule has 0 aliphatic carbocycles. The Morgan fingerprint density at radius 3 is 2.35 bits per heavy atom. The maximum atomic E-state index is 13.0. The molecule has 1 saturated heterocycles. The molecular formula is C23H24FN5O2. The number of benzene rings is 2. The second kappa shape index (κ2) is 9.99. The van der Waals surface area contributed by atoms with Gasteiger partial charge in [0.05, 0.1) is 6.20 Å². The molecule has 1 aliphatic rings. The summed E-state index contributed by atoms with van der Waals surface area (Å²) >= 11 is 0. The van der Waals surface area contributed by atoms with Gasteiger partial charge in [-0.15, -0.1) is 0 Å². The van der Waals surface area contributed by atoms with E-state index in [1.807, 2.05) is 24.3 Å². The molecule has 2 amide bonds. The van der Waals surface area contributed by atoms with Gasteiger partial charge in [-0.05, 0) is 35.4 Å². The molecule has 2 aromatic carbocycles. The number of ether oxygens (including phenoxy) is 1. The van der Waals surface area contributed by atoms with Gasteiger partial charge in [-0.1, -0.05) is 24.3 Å². The van der Waals surface area contributed by atoms with Crippen molar-refractivity contribution in [2.24, 2.45) is 0 Å². The molecule has 1 fully saturated rings. The molecule has 4 rings (SSSR count). The molecule has 2 heterocycles. The fourth-order valence-electron chi connectivity index (χ4n) is 3.36. The van der Waals surface area contributed by atoms with E-state index in [2.05, 4.69) is 20.2 Å². The zero-order chi connectivity index (χ0) is 21.5. The lowest BCUT2D eigenvalue weighted by atomic mass is 10.2. The third-order valence-corrected chi connectivity index (χ3v) is 5.11. The number of hydrogen-bond donors (Lipinski definition) is 1. The first-order valence-electron chi connectivity index (χ1n) is 10.2. The van der Waals surface area contributed by atoms with Gasteiger partial charge >= 0.3 is 6.03 Å². The summed E-state index contributed by atoms with van der Waals surface area (Å²) in [6, 6.07) is 14.1. The molecule has 0 unspecified atom stereocenters. The number of halogens is 1. The maximum absolute atomic E-state index is 13.0. The zero-order valence-corrected chi connectivity index (χ0v) is 17.1. The minimum absolute atomic E-state index is 0.150. The third kappa shape index (κ3) is 5.99. The van der Waals surface area contributed by atoms with Crippen molar-refractivity contribution in [2.45, 2.75) is 13.2 Å². The Bertz CT molecular complexity index is 975. The van der Waals surface area contributed by atoms with Crippen LogP contribution in [0.25, 0.3) is 0 Å². The van der Waals surface area contributed by atoms with Crippen LogP contribution in [0.15, 0.2) is 67.1 Å². The van der Waals surface area contributed by atoms with Gasteiger partial charge in [0.1, 0.15) is 18.2 Å². The molecule has 1 aromatic heterocycles. The van der Waals surface area contributed by atoms with Crippen LogP contribution in [0.5, 0.6) is 5.75 Å². The van der Waals surface area contributed by atoms with Gasteiger partial charge in [-0.2, -0.15) is 0 Å². The van der Waals surface area contributed by atoms with Crippen molar-refractivity contribution >= 4 is 11.8 Å². The van der Waals surface area contributed by atoms with Gasteiger partial charge in [-0.25, -0.2) is 14.2 Å². The van der Waals surface area contributed by atoms with Crippen molar-refractivity contribution < 1.29 is 13.9 Å². The zero-order valence-electron chi connectivity index (χ0n) is 17.1. The number of rotatable bonds is 6. The molecule has 7 nitrogen and oxygen atoms in total. The van der Waals surface area contributed by atoms with E-state index in [-0.39, 0.29) is 11.8 Å². The highest BCUT2D eigenvalue weighted by atomic mass is 19.1. The lowest BCUT2D eigenvalue weighted by Gasteiger charge is -2.34. The molecular weight excluding hydrogens is 397 g/mol. The van der Waals surface area contributed by atoms with Gasteiger partial charge in [0.15, 0.2) is 5.82 Å². The van der Waals surface area contributed by atoms with Crippen molar-refractivity contribution in [3.8, 4) is 5.75 Å². The van der Waals surface area contributed by atoms with E-state index in [0.29, 0.717) is 25.5 Å². The van der Waals surface area contributed by atoms with Gasteiger partial charge in [0.25, 0.3) is 0 Å². The number of hydrogen-bond acceptors (Lipinski definition) is 5. The van der Waals surface area contributed by atoms with Crippen LogP contribution in [0.1, 0.15) is 11.1 Å². The monoisotopic (exact) mass is 421 g/mol. The number of nitrogens with zero attached hydrogens (tertiary/aromatic N) is 4. The second-order valence-electron chi connectivity index (χ2n) is 7.34. The van der Waals surface area contributed by atoms with E-state index in [9.17, 15) is 9.18 Å². The van der Waals surface area contributed by atoms with E-state index in [4.69, 9.17) is 4.74 Å². The molecule has 0 bridgehead atoms. The molecule has 31 heavy (non-hydrogen) atoms. The van der Waals surface area contributed by atoms with Crippen LogP contribution in [-0.4, -0.2) is 52.0 Å². The van der Waals surface area contributed by atoms with E-state index in [1.54, 1.807) is 29.4 Å². The summed E-state index contributed by atoms with van der Waals surface area (Å²) in [6.45, 7) is 4.14. The number of amides is 2. The largest absolute Gasteiger partial charge is 0.489 e. The minimum Gasteiger partial charge on any atom is -0.489 e. The van der Waals surface area contributed by atoms with Crippen molar-refractivity contribution in [1.82, 2.24) is 19.8 Å². The first-order valence-corrected chi connectivity index (χ1v) is 10.2. The number of nitrogens with one attached hydrogen (secondary N) is 1. The summed E-state index contributed by atoms with van der Waals surface area (Å²) in [5.41, 5.74) is 2.11. The molecule has 3 aromatic rings. The number of carbonyl (C=O) groups excluding carboxylic acids is 1. The van der Waals surface area contributed by atoms with Crippen LogP contribution >= 0.6 is 0 Å². The molecule has 160 valence electrons. The smallest absolute Gasteiger partial charge is 0.323 e. The van der Waals surface area contributed by atoms with Crippen molar-refractivity contribution in [2.75, 3.05) is 31.5 Å². The normalized spacial score (nSPS) is 14.3. The van der Waals surface area contributed by atoms with E-state index < -0.39 is 0 Å². The predicted molar refractivity (Wildman–Crippen MR) is 115 cm³/mol. The van der Waals surface area contributed by atoms with Gasteiger partial charge in [-0.3, -0.25) is 15.2 Å². The van der Waals surface area contributed by atoms with Crippen LogP contribution in [-0.2, 0) is 13.2 Å². The summed E-state index contributed by atoms with van der Waals surface area (Å²) < 4.78 is 18.7. The highest BCUT2D eigenvalue weighted by molar-refractivity contribution is 5.88. The lowest BCUT2D eigenvalue weighted by molar-refractivity contribution is 0.143. The SMILES string of the molecule is O=C(Nc1cnccn1)N1CCN(Cc2ccc(OCc3ccc(F)cc3)cc2)CC1. The van der Waals surface area contributed by atoms with Crippen LogP contribution in [0.3, 0.4) is 0 Å². The molecule has 1 aliphatic heterocycles. The number of piperazine rings is 1. The summed E-state index contributed by atoms with van der Waals surface area (Å²) in [7, 11) is 0. The summed E-state index contributed by atoms with van der Waals surface area (Å²) in [5.74, 6) is 0.982. The summed E-state index contributed by atoms with van der Waals surface area (Å²) in [6.07, 6.45) is 4.65. The van der Waals surface area contributed by atoms with Crippen LogP contribution in [0.2, 0.25) is 0 Å². The highest BCUT2D eigenvalue weighted by Gasteiger charge is 2.21. The Kier molecular flexibility index (Phi) is 6.68. The number of carbonyl (C=O) groups is 1. The Balaban J connectivity index is 1.21. The van der Waals surface area contributed by atoms with Gasteiger partial charge < -0.3 is 9.64 Å². The van der Waals surface area contributed by atoms with Crippen molar-refractivity contribution in [1.29, 1.82) is 0 Å². The Labute approximate surface area is 180 Å². The molecule has 1 N–H and O–H groups in total. The molecule has 0 spiro atoms. The predicted octanol–water partition coefficient (Wildman–Crippen LogP) is 3.54. The van der Waals surface area contributed by atoms with E-state index in [1.165, 1.54) is 23.9 Å². The molecule has 8 heteroatoms. The number of urea groups is 1. The third-order valence-electron chi connectivity index (χ3n) is 5.11. The summed E-state index contributed by atoms with van der Waals surface area (Å²) in [4.78, 5) is 24.5. The van der Waals surface area contributed by atoms with Gasteiger partial charge in [0.2, 0.25) is 0 Å². The Hall–Kier alpha value is -3.52. The highest BCUT2D eigenvalue weighted by Crippen LogP contribution is 2.17. The van der Waals surface area contributed by atoms with Gasteiger partial charge in [0, 0.05) is 45.1 Å². The fourth-order valence-corrected chi connectivity index (χ4v) is 3.36. The molecule has 0 saturated carbocycles. The number of anilines is 1. The number of aromatic nitrogens is 2. The average Bonchev–Trinajstić information content (AvgIpc) is 2.81. The fraction of sp³-hybridized carbons (Fsp3) is 0.261. The maximum Gasteiger partial charge on any atom is 0.323 e. The van der Waals surface area contributed by atoms with Crippen LogP contribution in [0.4, 0.5) is 15.0 Å².